The van der Waals surface area contributed by atoms with Gasteiger partial charge in [-0.2, -0.15) is 5.26 Å². The Labute approximate surface area is 126 Å². The second-order valence-electron chi connectivity index (χ2n) is 4.83. The van der Waals surface area contributed by atoms with Gasteiger partial charge in [0.2, 0.25) is 0 Å². The molecule has 1 rings (SSSR count). The molecule has 0 aliphatic carbocycles. The molecule has 1 amide bonds. The lowest BCUT2D eigenvalue weighted by Gasteiger charge is -2.13. The summed E-state index contributed by atoms with van der Waals surface area (Å²) in [6.45, 7) is 6.14. The van der Waals surface area contributed by atoms with Crippen LogP contribution >= 0.6 is 0 Å². The fourth-order valence-corrected chi connectivity index (χ4v) is 1.84. The van der Waals surface area contributed by atoms with Gasteiger partial charge >= 0.3 is 0 Å². The molecule has 0 spiro atoms. The van der Waals surface area contributed by atoms with Gasteiger partial charge in [-0.05, 0) is 26.0 Å². The van der Waals surface area contributed by atoms with Crippen molar-refractivity contribution in [2.24, 2.45) is 0 Å². The zero-order valence-corrected chi connectivity index (χ0v) is 12.7. The molecule has 0 atom stereocenters. The van der Waals surface area contributed by atoms with Gasteiger partial charge in [0, 0.05) is 18.7 Å². The molecule has 1 aromatic rings. The van der Waals surface area contributed by atoms with Crippen LogP contribution in [-0.4, -0.2) is 25.6 Å². The van der Waals surface area contributed by atoms with Crippen molar-refractivity contribution in [3.63, 3.8) is 0 Å². The first kappa shape index (κ1) is 17.0. The quantitative estimate of drug-likeness (QED) is 0.681. The smallest absolute Gasteiger partial charge is 0.257 e. The molecule has 0 heterocycles. The van der Waals surface area contributed by atoms with Crippen LogP contribution < -0.4 is 15.4 Å². The highest BCUT2D eigenvalue weighted by Crippen LogP contribution is 2.19. The number of nitriles is 1. The van der Waals surface area contributed by atoms with Gasteiger partial charge in [-0.1, -0.05) is 24.6 Å². The molecule has 0 radical (unpaired) electrons. The largest absolute Gasteiger partial charge is 0.483 e. The van der Waals surface area contributed by atoms with E-state index in [2.05, 4.69) is 23.6 Å². The number of nitrogens with one attached hydrogen (secondary N) is 2. The average molecular weight is 289 g/mol. The molecule has 21 heavy (non-hydrogen) atoms. The summed E-state index contributed by atoms with van der Waals surface area (Å²) in [5.41, 5.74) is 2.21. The molecule has 5 heteroatoms. The molecule has 0 saturated carbocycles. The van der Waals surface area contributed by atoms with E-state index < -0.39 is 0 Å². The molecule has 0 aliphatic rings. The standard InChI is InChI=1S/C16H23N3O2/c1-3-8-18-11-14-10-13(2)5-6-15(14)21-12-16(20)19-9-4-7-17/h5-6,10,18H,3-4,8-9,11-12H2,1-2H3,(H,19,20). The van der Waals surface area contributed by atoms with E-state index in [9.17, 15) is 4.79 Å². The Morgan fingerprint density at radius 2 is 2.19 bits per heavy atom. The van der Waals surface area contributed by atoms with E-state index in [-0.39, 0.29) is 12.5 Å². The van der Waals surface area contributed by atoms with Crippen molar-refractivity contribution in [1.82, 2.24) is 10.6 Å². The van der Waals surface area contributed by atoms with E-state index in [0.717, 1.165) is 36.4 Å². The molecule has 1 aromatic carbocycles. The molecule has 5 nitrogen and oxygen atoms in total. The normalized spacial score (nSPS) is 9.95. The topological polar surface area (TPSA) is 74.2 Å². The highest BCUT2D eigenvalue weighted by Gasteiger charge is 2.07. The number of carbonyl (C=O) groups excluding carboxylic acids is 1. The number of benzene rings is 1. The van der Waals surface area contributed by atoms with E-state index in [1.165, 1.54) is 0 Å². The molecule has 0 bridgehead atoms. The summed E-state index contributed by atoms with van der Waals surface area (Å²) in [4.78, 5) is 11.6. The van der Waals surface area contributed by atoms with Gasteiger partial charge in [-0.15, -0.1) is 0 Å². The fraction of sp³-hybridized carbons (Fsp3) is 0.500. The SMILES string of the molecule is CCCNCc1cc(C)ccc1OCC(=O)NCCC#N. The van der Waals surface area contributed by atoms with Gasteiger partial charge in [-0.3, -0.25) is 4.79 Å². The van der Waals surface area contributed by atoms with Crippen LogP contribution in [0.15, 0.2) is 18.2 Å². The molecule has 2 N–H and O–H groups in total. The minimum atomic E-state index is -0.210. The maximum atomic E-state index is 11.6. The first-order valence-corrected chi connectivity index (χ1v) is 7.24. The lowest BCUT2D eigenvalue weighted by Crippen LogP contribution is -2.29. The number of aryl methyl sites for hydroxylation is 1. The van der Waals surface area contributed by atoms with Crippen molar-refractivity contribution in [2.75, 3.05) is 19.7 Å². The van der Waals surface area contributed by atoms with Gasteiger partial charge < -0.3 is 15.4 Å². The van der Waals surface area contributed by atoms with Crippen LogP contribution in [0.1, 0.15) is 30.9 Å². The average Bonchev–Trinajstić information content (AvgIpc) is 2.47. The lowest BCUT2D eigenvalue weighted by molar-refractivity contribution is -0.123. The van der Waals surface area contributed by atoms with Crippen molar-refractivity contribution in [2.45, 2.75) is 33.2 Å². The summed E-state index contributed by atoms with van der Waals surface area (Å²) >= 11 is 0. The summed E-state index contributed by atoms with van der Waals surface area (Å²) in [6.07, 6.45) is 1.38. The van der Waals surface area contributed by atoms with E-state index in [1.54, 1.807) is 0 Å². The summed E-state index contributed by atoms with van der Waals surface area (Å²) in [5.74, 6) is 0.512. The van der Waals surface area contributed by atoms with Crippen LogP contribution in [0, 0.1) is 18.3 Å². The summed E-state index contributed by atoms with van der Waals surface area (Å²) < 4.78 is 5.58. The van der Waals surface area contributed by atoms with Gasteiger partial charge in [0.25, 0.3) is 5.91 Å². The molecule has 0 fully saturated rings. The second kappa shape index (κ2) is 9.78. The third kappa shape index (κ3) is 6.77. The van der Waals surface area contributed by atoms with Crippen LogP contribution in [0.4, 0.5) is 0 Å². The number of rotatable bonds is 9. The van der Waals surface area contributed by atoms with Crippen molar-refractivity contribution in [3.05, 3.63) is 29.3 Å². The Morgan fingerprint density at radius 3 is 2.90 bits per heavy atom. The molecular weight excluding hydrogens is 266 g/mol. The van der Waals surface area contributed by atoms with Crippen LogP contribution in [0.3, 0.4) is 0 Å². The zero-order chi connectivity index (χ0) is 15.5. The van der Waals surface area contributed by atoms with Gasteiger partial charge in [0.15, 0.2) is 6.61 Å². The van der Waals surface area contributed by atoms with E-state index in [1.807, 2.05) is 25.1 Å². The van der Waals surface area contributed by atoms with Crippen molar-refractivity contribution in [3.8, 4) is 11.8 Å². The molecule has 0 saturated heterocycles. The van der Waals surface area contributed by atoms with Crippen LogP contribution in [0.2, 0.25) is 0 Å². The van der Waals surface area contributed by atoms with Crippen LogP contribution in [0.25, 0.3) is 0 Å². The maximum absolute atomic E-state index is 11.6. The number of hydrogen-bond acceptors (Lipinski definition) is 4. The Hall–Kier alpha value is -2.06. The van der Waals surface area contributed by atoms with E-state index in [4.69, 9.17) is 10.00 Å². The predicted molar refractivity (Wildman–Crippen MR) is 81.9 cm³/mol. The molecular formula is C16H23N3O2. The molecule has 0 aromatic heterocycles. The number of carbonyl (C=O) groups is 1. The van der Waals surface area contributed by atoms with Gasteiger partial charge in [-0.25, -0.2) is 0 Å². The van der Waals surface area contributed by atoms with Gasteiger partial charge in [0.05, 0.1) is 12.5 Å². The second-order valence-corrected chi connectivity index (χ2v) is 4.83. The van der Waals surface area contributed by atoms with E-state index >= 15 is 0 Å². The van der Waals surface area contributed by atoms with Crippen LogP contribution in [0.5, 0.6) is 5.75 Å². The molecule has 114 valence electrons. The maximum Gasteiger partial charge on any atom is 0.257 e. The van der Waals surface area contributed by atoms with Crippen molar-refractivity contribution < 1.29 is 9.53 Å². The lowest BCUT2D eigenvalue weighted by atomic mass is 10.1. The minimum absolute atomic E-state index is 0.0325. The Bertz CT molecular complexity index is 495. The molecule has 0 unspecified atom stereocenters. The Balaban J connectivity index is 2.53. The van der Waals surface area contributed by atoms with E-state index in [0.29, 0.717) is 13.0 Å². The first-order valence-electron chi connectivity index (χ1n) is 7.24. The zero-order valence-electron chi connectivity index (χ0n) is 12.7. The van der Waals surface area contributed by atoms with Gasteiger partial charge in [0.1, 0.15) is 5.75 Å². The Kier molecular flexibility index (Phi) is 7.92. The number of amides is 1. The summed E-state index contributed by atoms with van der Waals surface area (Å²) in [6, 6.07) is 7.89. The summed E-state index contributed by atoms with van der Waals surface area (Å²) in [5, 5.41) is 14.4. The predicted octanol–water partition coefficient (Wildman–Crippen LogP) is 1.90. The minimum Gasteiger partial charge on any atom is -0.483 e. The first-order chi connectivity index (χ1) is 10.2. The number of hydrogen-bond donors (Lipinski definition) is 2. The monoisotopic (exact) mass is 289 g/mol. The number of ether oxygens (including phenoxy) is 1. The highest BCUT2D eigenvalue weighted by molar-refractivity contribution is 5.77. The van der Waals surface area contributed by atoms with Crippen molar-refractivity contribution in [1.29, 1.82) is 5.26 Å². The summed E-state index contributed by atoms with van der Waals surface area (Å²) in [7, 11) is 0. The molecule has 0 aliphatic heterocycles. The van der Waals surface area contributed by atoms with Crippen molar-refractivity contribution >= 4 is 5.91 Å². The number of nitrogens with zero attached hydrogens (tertiary/aromatic N) is 1. The third-order valence-corrected chi connectivity index (χ3v) is 2.88. The third-order valence-electron chi connectivity index (χ3n) is 2.88. The fourth-order valence-electron chi connectivity index (χ4n) is 1.84. The highest BCUT2D eigenvalue weighted by atomic mass is 16.5. The van der Waals surface area contributed by atoms with Crippen LogP contribution in [-0.2, 0) is 11.3 Å². The Morgan fingerprint density at radius 1 is 1.38 bits per heavy atom.